The van der Waals surface area contributed by atoms with Gasteiger partial charge in [0.15, 0.2) is 0 Å². The Kier molecular flexibility index (Phi) is 4.23. The molecule has 1 aliphatic heterocycles. The van der Waals surface area contributed by atoms with E-state index in [1.165, 1.54) is 10.4 Å². The zero-order chi connectivity index (χ0) is 12.9. The first-order chi connectivity index (χ1) is 9.40. The minimum Gasteiger partial charge on any atom is -0.297 e. The highest BCUT2D eigenvalue weighted by atomic mass is 32.1. The average Bonchev–Trinajstić information content (AvgIpc) is 2.95. The van der Waals surface area contributed by atoms with Crippen molar-refractivity contribution >= 4 is 11.3 Å². The van der Waals surface area contributed by atoms with E-state index in [9.17, 15) is 0 Å². The van der Waals surface area contributed by atoms with Crippen LogP contribution in [0.1, 0.15) is 10.4 Å². The Labute approximate surface area is 118 Å². The van der Waals surface area contributed by atoms with Crippen LogP contribution in [0.25, 0.3) is 0 Å². The van der Waals surface area contributed by atoms with Gasteiger partial charge in [0.1, 0.15) is 0 Å². The van der Waals surface area contributed by atoms with E-state index in [0.717, 1.165) is 39.3 Å². The molecule has 1 fully saturated rings. The summed E-state index contributed by atoms with van der Waals surface area (Å²) in [6.45, 7) is 6.77. The van der Waals surface area contributed by atoms with Gasteiger partial charge >= 0.3 is 0 Å². The highest BCUT2D eigenvalue weighted by Gasteiger charge is 2.17. The lowest BCUT2D eigenvalue weighted by molar-refractivity contribution is 0.123. The highest BCUT2D eigenvalue weighted by molar-refractivity contribution is 7.09. The molecular formula is C15H19N3S. The lowest BCUT2D eigenvalue weighted by Gasteiger charge is -2.34. The van der Waals surface area contributed by atoms with Crippen LogP contribution in [-0.4, -0.2) is 41.0 Å². The van der Waals surface area contributed by atoms with Crippen molar-refractivity contribution in [2.45, 2.75) is 13.1 Å². The van der Waals surface area contributed by atoms with Crippen molar-refractivity contribution in [3.05, 3.63) is 52.5 Å². The molecule has 3 nitrogen and oxygen atoms in total. The zero-order valence-corrected chi connectivity index (χ0v) is 11.9. The van der Waals surface area contributed by atoms with E-state index in [1.807, 2.05) is 11.7 Å². The van der Waals surface area contributed by atoms with E-state index in [0.29, 0.717) is 0 Å². The third-order valence-electron chi connectivity index (χ3n) is 3.58. The minimum atomic E-state index is 1.06. The fourth-order valence-corrected chi connectivity index (χ4v) is 3.12. The molecule has 1 aliphatic rings. The van der Waals surface area contributed by atoms with Gasteiger partial charge < -0.3 is 0 Å². The summed E-state index contributed by atoms with van der Waals surface area (Å²) in [7, 11) is 0. The van der Waals surface area contributed by atoms with Gasteiger partial charge in [-0.2, -0.15) is 0 Å². The molecule has 2 aromatic rings. The lowest BCUT2D eigenvalue weighted by Crippen LogP contribution is -2.45. The molecule has 4 heteroatoms. The van der Waals surface area contributed by atoms with Crippen molar-refractivity contribution in [1.82, 2.24) is 14.8 Å². The molecule has 0 saturated carbocycles. The third kappa shape index (κ3) is 3.62. The van der Waals surface area contributed by atoms with Crippen LogP contribution in [0.4, 0.5) is 0 Å². The molecule has 0 bridgehead atoms. The first kappa shape index (κ1) is 12.8. The molecule has 19 heavy (non-hydrogen) atoms. The molecule has 0 aliphatic carbocycles. The Morgan fingerprint density at radius 2 is 1.63 bits per heavy atom. The maximum Gasteiger partial charge on any atom is 0.0794 e. The minimum absolute atomic E-state index is 1.06. The second-order valence-corrected chi connectivity index (χ2v) is 5.98. The molecule has 0 spiro atoms. The summed E-state index contributed by atoms with van der Waals surface area (Å²) in [5.74, 6) is 0. The van der Waals surface area contributed by atoms with E-state index >= 15 is 0 Å². The standard InChI is InChI=1S/C15H19N3S/c1-2-4-14(5-3-1)11-17-6-8-18(9-7-17)12-15-10-16-13-19-15/h1-5,10,13H,6-9,11-12H2. The second-order valence-electron chi connectivity index (χ2n) is 5.01. The van der Waals surface area contributed by atoms with Crippen molar-refractivity contribution in [3.8, 4) is 0 Å². The SMILES string of the molecule is c1ccc(CN2CCN(Cc3cncs3)CC2)cc1. The summed E-state index contributed by atoms with van der Waals surface area (Å²) in [5.41, 5.74) is 3.33. The van der Waals surface area contributed by atoms with Gasteiger partial charge in [-0.25, -0.2) is 0 Å². The van der Waals surface area contributed by atoms with Gasteiger partial charge in [0.05, 0.1) is 5.51 Å². The van der Waals surface area contributed by atoms with Crippen molar-refractivity contribution in [2.75, 3.05) is 26.2 Å². The van der Waals surface area contributed by atoms with E-state index < -0.39 is 0 Å². The van der Waals surface area contributed by atoms with Gasteiger partial charge in [0.25, 0.3) is 0 Å². The number of hydrogen-bond donors (Lipinski definition) is 0. The normalized spacial score (nSPS) is 17.7. The lowest BCUT2D eigenvalue weighted by atomic mass is 10.2. The van der Waals surface area contributed by atoms with Gasteiger partial charge in [-0.3, -0.25) is 14.8 Å². The monoisotopic (exact) mass is 273 g/mol. The van der Waals surface area contributed by atoms with Gasteiger partial charge in [0.2, 0.25) is 0 Å². The van der Waals surface area contributed by atoms with Crippen LogP contribution in [0.2, 0.25) is 0 Å². The van der Waals surface area contributed by atoms with E-state index in [-0.39, 0.29) is 0 Å². The molecule has 1 aromatic heterocycles. The molecular weight excluding hydrogens is 254 g/mol. The molecule has 0 unspecified atom stereocenters. The van der Waals surface area contributed by atoms with E-state index in [4.69, 9.17) is 0 Å². The molecule has 3 rings (SSSR count). The van der Waals surface area contributed by atoms with Crippen molar-refractivity contribution < 1.29 is 0 Å². The Morgan fingerprint density at radius 1 is 0.947 bits per heavy atom. The van der Waals surface area contributed by atoms with E-state index in [2.05, 4.69) is 45.1 Å². The molecule has 0 radical (unpaired) electrons. The number of hydrogen-bond acceptors (Lipinski definition) is 4. The van der Waals surface area contributed by atoms with Gasteiger partial charge in [-0.15, -0.1) is 11.3 Å². The fraction of sp³-hybridized carbons (Fsp3) is 0.400. The molecule has 100 valence electrons. The number of piperazine rings is 1. The number of rotatable bonds is 4. The Morgan fingerprint density at radius 3 is 2.26 bits per heavy atom. The Bertz CT molecular complexity index is 475. The number of benzene rings is 1. The van der Waals surface area contributed by atoms with Gasteiger partial charge in [0, 0.05) is 50.3 Å². The fourth-order valence-electron chi connectivity index (χ4n) is 2.49. The second kappa shape index (κ2) is 6.28. The number of aromatic nitrogens is 1. The Hall–Kier alpha value is -1.23. The number of thiazole rings is 1. The molecule has 0 atom stereocenters. The largest absolute Gasteiger partial charge is 0.297 e. The Balaban J connectivity index is 1.47. The summed E-state index contributed by atoms with van der Waals surface area (Å²) in [6.07, 6.45) is 1.99. The summed E-state index contributed by atoms with van der Waals surface area (Å²) in [5, 5.41) is 0. The first-order valence-corrected chi connectivity index (χ1v) is 7.64. The van der Waals surface area contributed by atoms with Crippen LogP contribution in [0.3, 0.4) is 0 Å². The predicted molar refractivity (Wildman–Crippen MR) is 79.1 cm³/mol. The summed E-state index contributed by atoms with van der Waals surface area (Å²) in [4.78, 5) is 10.6. The zero-order valence-electron chi connectivity index (χ0n) is 11.0. The summed E-state index contributed by atoms with van der Waals surface area (Å²) >= 11 is 1.75. The van der Waals surface area contributed by atoms with Crippen molar-refractivity contribution in [3.63, 3.8) is 0 Å². The maximum absolute atomic E-state index is 4.14. The van der Waals surface area contributed by atoms with Crippen LogP contribution in [0.5, 0.6) is 0 Å². The molecule has 1 saturated heterocycles. The van der Waals surface area contributed by atoms with Crippen molar-refractivity contribution in [1.29, 1.82) is 0 Å². The molecule has 0 amide bonds. The molecule has 1 aromatic carbocycles. The van der Waals surface area contributed by atoms with Crippen LogP contribution < -0.4 is 0 Å². The predicted octanol–water partition coefficient (Wildman–Crippen LogP) is 2.46. The maximum atomic E-state index is 4.14. The average molecular weight is 273 g/mol. The van der Waals surface area contributed by atoms with Crippen LogP contribution in [0, 0.1) is 0 Å². The topological polar surface area (TPSA) is 19.4 Å². The summed E-state index contributed by atoms with van der Waals surface area (Å²) in [6, 6.07) is 10.7. The quantitative estimate of drug-likeness (QED) is 0.853. The highest BCUT2D eigenvalue weighted by Crippen LogP contribution is 2.13. The number of nitrogens with zero attached hydrogens (tertiary/aromatic N) is 3. The molecule has 0 N–H and O–H groups in total. The first-order valence-electron chi connectivity index (χ1n) is 6.76. The smallest absolute Gasteiger partial charge is 0.0794 e. The third-order valence-corrected chi connectivity index (χ3v) is 4.34. The summed E-state index contributed by atoms with van der Waals surface area (Å²) < 4.78 is 0. The van der Waals surface area contributed by atoms with Crippen LogP contribution >= 0.6 is 11.3 Å². The van der Waals surface area contributed by atoms with Crippen LogP contribution in [0.15, 0.2) is 42.0 Å². The van der Waals surface area contributed by atoms with E-state index in [1.54, 1.807) is 11.3 Å². The van der Waals surface area contributed by atoms with Gasteiger partial charge in [-0.1, -0.05) is 30.3 Å². The van der Waals surface area contributed by atoms with Gasteiger partial charge in [-0.05, 0) is 5.56 Å². The van der Waals surface area contributed by atoms with Crippen molar-refractivity contribution in [2.24, 2.45) is 0 Å². The van der Waals surface area contributed by atoms with Crippen LogP contribution in [-0.2, 0) is 13.1 Å². The molecule has 2 heterocycles.